The van der Waals surface area contributed by atoms with Crippen molar-refractivity contribution in [3.63, 3.8) is 0 Å². The summed E-state index contributed by atoms with van der Waals surface area (Å²) in [6, 6.07) is 0. The molecule has 0 amide bonds. The summed E-state index contributed by atoms with van der Waals surface area (Å²) in [6.07, 6.45) is 0.117. The Morgan fingerprint density at radius 3 is 2.12 bits per heavy atom. The Labute approximate surface area is 120 Å². The van der Waals surface area contributed by atoms with Crippen LogP contribution in [0, 0.1) is 0 Å². The second kappa shape index (κ2) is 8.00. The molecule has 0 radical (unpaired) electrons. The van der Waals surface area contributed by atoms with Crippen LogP contribution in [0.5, 0.6) is 0 Å². The smallest absolute Gasteiger partial charge is 0.126 e. The first kappa shape index (κ1) is 20.0. The molecular weight excluding hydrogens is 286 g/mol. The van der Waals surface area contributed by atoms with Crippen molar-refractivity contribution in [3.8, 4) is 0 Å². The molecule has 0 aliphatic heterocycles. The van der Waals surface area contributed by atoms with E-state index in [-0.39, 0.29) is 24.6 Å². The van der Waals surface area contributed by atoms with E-state index < -0.39 is 6.10 Å². The number of rotatable bonds is 7. The Hall–Kier alpha value is 0.710. The predicted molar refractivity (Wildman–Crippen MR) is 67.2 cm³/mol. The highest BCUT2D eigenvalue weighted by molar-refractivity contribution is 6.34. The first-order chi connectivity index (χ1) is 7.10. The van der Waals surface area contributed by atoms with Gasteiger partial charge in [0.15, 0.2) is 0 Å². The van der Waals surface area contributed by atoms with Crippen LogP contribution in [0.25, 0.3) is 0 Å². The zero-order valence-corrected chi connectivity index (χ0v) is 13.1. The molecule has 0 aliphatic carbocycles. The highest BCUT2D eigenvalue weighted by atomic mass is 35.5. The lowest BCUT2D eigenvalue weighted by atomic mass is 10.0. The molecule has 0 spiro atoms. The number of hydrogen-bond donors (Lipinski definition) is 2. The minimum atomic E-state index is -0.679. The van der Waals surface area contributed by atoms with Crippen LogP contribution >= 0.6 is 23.6 Å². The highest BCUT2D eigenvalue weighted by Gasteiger charge is 2.29. The van der Waals surface area contributed by atoms with Gasteiger partial charge in [0.05, 0.1) is 32.8 Å². The summed E-state index contributed by atoms with van der Waals surface area (Å²) in [6.45, 7) is 5.03. The van der Waals surface area contributed by atoms with E-state index in [9.17, 15) is 5.11 Å². The zero-order chi connectivity index (χ0) is 13.0. The topological polar surface area (TPSA) is 43.7 Å². The molecule has 0 saturated carbocycles. The lowest BCUT2D eigenvalue weighted by Crippen LogP contribution is -3.00. The van der Waals surface area contributed by atoms with Crippen molar-refractivity contribution in [2.75, 3.05) is 33.8 Å². The zero-order valence-electron chi connectivity index (χ0n) is 10.8. The highest BCUT2D eigenvalue weighted by Crippen LogP contribution is 2.24. The van der Waals surface area contributed by atoms with Gasteiger partial charge in [-0.2, -0.15) is 0 Å². The van der Waals surface area contributed by atoms with Crippen molar-refractivity contribution in [1.82, 2.24) is 3.94 Å². The third-order valence-corrected chi connectivity index (χ3v) is 3.62. The van der Waals surface area contributed by atoms with Crippen LogP contribution in [0.15, 0.2) is 0 Å². The molecule has 1 unspecified atom stereocenters. The van der Waals surface area contributed by atoms with E-state index in [1.165, 1.54) is 0 Å². The molecule has 0 fully saturated rings. The minimum absolute atomic E-state index is 0. The van der Waals surface area contributed by atoms with Gasteiger partial charge in [0.25, 0.3) is 0 Å². The number of aliphatic hydroxyl groups excluding tert-OH is 2. The van der Waals surface area contributed by atoms with Crippen molar-refractivity contribution in [1.29, 1.82) is 0 Å². The molecule has 17 heavy (non-hydrogen) atoms. The fourth-order valence-electron chi connectivity index (χ4n) is 1.38. The van der Waals surface area contributed by atoms with E-state index in [4.69, 9.17) is 28.7 Å². The van der Waals surface area contributed by atoms with Gasteiger partial charge in [-0.15, -0.1) is 3.94 Å². The number of nitrogens with zero attached hydrogens (tertiary/aromatic N) is 2. The number of likely N-dealkylation sites (N-methyl/N-ethyl adjacent to an activating group) is 1. The maximum Gasteiger partial charge on any atom is 0.126 e. The van der Waals surface area contributed by atoms with Crippen molar-refractivity contribution in [3.05, 3.63) is 0 Å². The quantitative estimate of drug-likeness (QED) is 0.431. The maximum atomic E-state index is 9.40. The summed E-state index contributed by atoms with van der Waals surface area (Å²) in [7, 11) is 4.00. The third-order valence-electron chi connectivity index (χ3n) is 2.70. The largest absolute Gasteiger partial charge is 1.00 e. The summed E-state index contributed by atoms with van der Waals surface area (Å²) in [5.41, 5.74) is -0.303. The molecule has 0 heterocycles. The molecule has 0 aromatic carbocycles. The molecule has 1 atom stereocenters. The van der Waals surface area contributed by atoms with Crippen molar-refractivity contribution < 1.29 is 27.1 Å². The molecule has 7 heteroatoms. The summed E-state index contributed by atoms with van der Waals surface area (Å²) < 4.78 is 1.78. The normalized spacial score (nSPS) is 14.6. The van der Waals surface area contributed by atoms with Gasteiger partial charge in [-0.3, -0.25) is 0 Å². The Bertz CT molecular complexity index is 214. The Morgan fingerprint density at radius 1 is 1.29 bits per heavy atom. The summed E-state index contributed by atoms with van der Waals surface area (Å²) in [5, 5.41) is 18.2. The van der Waals surface area contributed by atoms with E-state index in [0.717, 1.165) is 16.9 Å². The molecule has 4 nitrogen and oxygen atoms in total. The SMILES string of the molecule is CC(C)(CC[N+](C)(C)CC(O)CO)N(Cl)Cl.[Cl-]. The average Bonchev–Trinajstić information content (AvgIpc) is 2.14. The van der Waals surface area contributed by atoms with E-state index in [0.29, 0.717) is 11.0 Å². The summed E-state index contributed by atoms with van der Waals surface area (Å²) in [4.78, 5) is 0. The number of aliphatic hydroxyl groups is 2. The van der Waals surface area contributed by atoms with Crippen LogP contribution in [0.3, 0.4) is 0 Å². The third kappa shape index (κ3) is 8.43. The van der Waals surface area contributed by atoms with Crippen molar-refractivity contribution in [2.45, 2.75) is 31.9 Å². The fraction of sp³-hybridized carbons (Fsp3) is 1.00. The van der Waals surface area contributed by atoms with Gasteiger partial charge in [0, 0.05) is 6.42 Å². The minimum Gasteiger partial charge on any atom is -1.00 e. The van der Waals surface area contributed by atoms with E-state index in [1.807, 2.05) is 27.9 Å². The molecule has 0 aliphatic rings. The van der Waals surface area contributed by atoms with Gasteiger partial charge in [0.1, 0.15) is 12.6 Å². The van der Waals surface area contributed by atoms with Crippen LogP contribution in [0.2, 0.25) is 0 Å². The van der Waals surface area contributed by atoms with Crippen molar-refractivity contribution in [2.24, 2.45) is 0 Å². The second-order valence-corrected chi connectivity index (χ2v) is 6.32. The summed E-state index contributed by atoms with van der Waals surface area (Å²) in [5.74, 6) is 0. The van der Waals surface area contributed by atoms with Gasteiger partial charge in [-0.25, -0.2) is 0 Å². The second-order valence-electron chi connectivity index (χ2n) is 5.47. The molecular formula is C10H23Cl3N2O2. The predicted octanol–water partition coefficient (Wildman–Crippen LogP) is -1.80. The van der Waals surface area contributed by atoms with Crippen molar-refractivity contribution >= 4 is 23.6 Å². The Balaban J connectivity index is 0. The lowest BCUT2D eigenvalue weighted by Gasteiger charge is -2.35. The first-order valence-electron chi connectivity index (χ1n) is 5.33. The first-order valence-corrected chi connectivity index (χ1v) is 6.01. The standard InChI is InChI=1S/C10H23Cl2N2O2.ClH/c1-10(2,13(11)12)5-6-14(3,4)7-9(16)8-15;/h9,15-16H,5-8H2,1-4H3;1H/q+1;/p-1. The maximum absolute atomic E-state index is 9.40. The molecule has 0 aromatic rings. The Kier molecular flexibility index (Phi) is 9.42. The van der Waals surface area contributed by atoms with Crippen LogP contribution in [0.1, 0.15) is 20.3 Å². The van der Waals surface area contributed by atoms with Crippen LogP contribution < -0.4 is 12.4 Å². The monoisotopic (exact) mass is 308 g/mol. The van der Waals surface area contributed by atoms with Gasteiger partial charge >= 0.3 is 0 Å². The molecule has 2 N–H and O–H groups in total. The van der Waals surface area contributed by atoms with Gasteiger partial charge < -0.3 is 27.1 Å². The summed E-state index contributed by atoms with van der Waals surface area (Å²) >= 11 is 11.5. The number of halogens is 3. The van der Waals surface area contributed by atoms with E-state index in [2.05, 4.69) is 0 Å². The molecule has 0 bridgehead atoms. The fourth-order valence-corrected chi connectivity index (χ4v) is 1.55. The number of quaternary nitrogens is 1. The van der Waals surface area contributed by atoms with Crippen LogP contribution in [-0.4, -0.2) is 64.1 Å². The van der Waals surface area contributed by atoms with Gasteiger partial charge in [0.2, 0.25) is 0 Å². The average molecular weight is 310 g/mol. The van der Waals surface area contributed by atoms with Crippen LogP contribution in [-0.2, 0) is 0 Å². The molecule has 0 saturated heterocycles. The molecule has 0 rings (SSSR count). The van der Waals surface area contributed by atoms with E-state index >= 15 is 0 Å². The van der Waals surface area contributed by atoms with Gasteiger partial charge in [-0.05, 0) is 37.4 Å². The molecule has 0 aromatic heterocycles. The van der Waals surface area contributed by atoms with Crippen LogP contribution in [0.4, 0.5) is 0 Å². The van der Waals surface area contributed by atoms with E-state index in [1.54, 1.807) is 0 Å². The number of hydrogen-bond acceptors (Lipinski definition) is 3. The lowest BCUT2D eigenvalue weighted by molar-refractivity contribution is -0.894. The molecule has 106 valence electrons. The van der Waals surface area contributed by atoms with Gasteiger partial charge in [-0.1, -0.05) is 0 Å². The Morgan fingerprint density at radius 2 is 1.76 bits per heavy atom.